The Morgan fingerprint density at radius 1 is 1.32 bits per heavy atom. The lowest BCUT2D eigenvalue weighted by Gasteiger charge is -2.18. The predicted molar refractivity (Wildman–Crippen MR) is 97.7 cm³/mol. The molecule has 0 fully saturated rings. The van der Waals surface area contributed by atoms with Crippen LogP contribution in [0, 0.1) is 5.92 Å². The first-order valence-electron chi connectivity index (χ1n) is 8.44. The minimum Gasteiger partial charge on any atom is -0.480 e. The first-order chi connectivity index (χ1) is 11.8. The molecule has 25 heavy (non-hydrogen) atoms. The summed E-state index contributed by atoms with van der Waals surface area (Å²) in [6.45, 7) is 2.62. The Labute approximate surface area is 149 Å². The monoisotopic (exact) mass is 365 g/mol. The zero-order valence-corrected chi connectivity index (χ0v) is 15.6. The highest BCUT2D eigenvalue weighted by Crippen LogP contribution is 2.36. The van der Waals surface area contributed by atoms with E-state index in [1.807, 2.05) is 19.0 Å². The molecule has 7 nitrogen and oxygen atoms in total. The third-order valence-corrected chi connectivity index (χ3v) is 6.03. The van der Waals surface area contributed by atoms with Crippen LogP contribution in [0.25, 0.3) is 10.2 Å². The minimum atomic E-state index is -1.19. The summed E-state index contributed by atoms with van der Waals surface area (Å²) in [5, 5.41) is 9.66. The predicted octanol–water partition coefficient (Wildman–Crippen LogP) is 0.996. The first-order valence-corrected chi connectivity index (χ1v) is 9.25. The van der Waals surface area contributed by atoms with Gasteiger partial charge in [-0.05, 0) is 44.8 Å². The van der Waals surface area contributed by atoms with Gasteiger partial charge < -0.3 is 10.0 Å². The molecule has 1 unspecified atom stereocenters. The molecule has 1 atom stereocenters. The molecule has 1 aliphatic rings. The number of carboxylic acid groups (broad SMARTS) is 1. The Hall–Kier alpha value is -1.93. The second-order valence-corrected chi connectivity index (χ2v) is 8.14. The fourth-order valence-corrected chi connectivity index (χ4v) is 4.73. The molecule has 0 bridgehead atoms. The SMILES string of the molecule is CC1CCc2sc3c(c2C1)c(=O)n(CC(=O)O)c(=O)n3CCN(C)C. The summed E-state index contributed by atoms with van der Waals surface area (Å²) >= 11 is 1.52. The van der Waals surface area contributed by atoms with Gasteiger partial charge in [-0.1, -0.05) is 6.92 Å². The van der Waals surface area contributed by atoms with Crippen LogP contribution in [-0.2, 0) is 30.7 Å². The van der Waals surface area contributed by atoms with Gasteiger partial charge in [0, 0.05) is 18.0 Å². The summed E-state index contributed by atoms with van der Waals surface area (Å²) in [6.07, 6.45) is 2.80. The lowest BCUT2D eigenvalue weighted by molar-refractivity contribution is -0.137. The maximum Gasteiger partial charge on any atom is 0.332 e. The van der Waals surface area contributed by atoms with Gasteiger partial charge in [0.05, 0.1) is 5.39 Å². The second kappa shape index (κ2) is 6.76. The number of fused-ring (bicyclic) bond motifs is 3. The molecule has 0 saturated carbocycles. The van der Waals surface area contributed by atoms with E-state index in [0.717, 1.165) is 34.3 Å². The average Bonchev–Trinajstić information content (AvgIpc) is 2.89. The summed E-state index contributed by atoms with van der Waals surface area (Å²) < 4.78 is 2.44. The van der Waals surface area contributed by atoms with Gasteiger partial charge in [0.2, 0.25) is 0 Å². The van der Waals surface area contributed by atoms with Crippen molar-refractivity contribution < 1.29 is 9.90 Å². The summed E-state index contributed by atoms with van der Waals surface area (Å²) in [4.78, 5) is 40.6. The van der Waals surface area contributed by atoms with Gasteiger partial charge >= 0.3 is 11.7 Å². The standard InChI is InChI=1S/C17H23N3O4S/c1-10-4-5-12-11(8-10)14-15(23)20(9-13(21)22)17(24)19(16(14)25-12)7-6-18(2)3/h10H,4-9H2,1-3H3,(H,21,22). The van der Waals surface area contributed by atoms with Crippen molar-refractivity contribution in [2.45, 2.75) is 39.3 Å². The summed E-state index contributed by atoms with van der Waals surface area (Å²) in [6, 6.07) is 0. The van der Waals surface area contributed by atoms with E-state index in [0.29, 0.717) is 29.2 Å². The first kappa shape index (κ1) is 17.9. The van der Waals surface area contributed by atoms with Crippen molar-refractivity contribution in [1.82, 2.24) is 14.0 Å². The zero-order chi connectivity index (χ0) is 18.3. The van der Waals surface area contributed by atoms with Gasteiger partial charge in [0.15, 0.2) is 0 Å². The third kappa shape index (κ3) is 3.28. The highest BCUT2D eigenvalue weighted by atomic mass is 32.1. The van der Waals surface area contributed by atoms with Gasteiger partial charge in [0.25, 0.3) is 5.56 Å². The maximum atomic E-state index is 12.9. The molecule has 3 rings (SSSR count). The van der Waals surface area contributed by atoms with Crippen molar-refractivity contribution in [2.24, 2.45) is 5.92 Å². The Balaban J connectivity index is 2.30. The van der Waals surface area contributed by atoms with Crippen molar-refractivity contribution in [3.05, 3.63) is 31.3 Å². The van der Waals surface area contributed by atoms with E-state index in [1.54, 1.807) is 4.57 Å². The Bertz CT molecular complexity index is 938. The van der Waals surface area contributed by atoms with Crippen molar-refractivity contribution in [2.75, 3.05) is 20.6 Å². The summed E-state index contributed by atoms with van der Waals surface area (Å²) in [7, 11) is 3.83. The Morgan fingerprint density at radius 3 is 2.68 bits per heavy atom. The van der Waals surface area contributed by atoms with Gasteiger partial charge in [-0.2, -0.15) is 0 Å². The number of rotatable bonds is 5. The molecule has 136 valence electrons. The molecule has 0 spiro atoms. The number of carboxylic acids is 1. The quantitative estimate of drug-likeness (QED) is 0.854. The molecule has 2 aromatic rings. The molecular formula is C17H23N3O4S. The Morgan fingerprint density at radius 2 is 2.04 bits per heavy atom. The second-order valence-electron chi connectivity index (χ2n) is 7.05. The molecule has 1 N–H and O–H groups in total. The molecule has 2 heterocycles. The molecule has 0 saturated heterocycles. The van der Waals surface area contributed by atoms with E-state index in [2.05, 4.69) is 6.92 Å². The number of aromatic nitrogens is 2. The van der Waals surface area contributed by atoms with Crippen LogP contribution < -0.4 is 11.2 Å². The van der Waals surface area contributed by atoms with Crippen LogP contribution in [0.4, 0.5) is 0 Å². The van der Waals surface area contributed by atoms with Crippen molar-refractivity contribution in [1.29, 1.82) is 0 Å². The van der Waals surface area contributed by atoms with E-state index < -0.39 is 23.8 Å². The van der Waals surface area contributed by atoms with Crippen LogP contribution >= 0.6 is 11.3 Å². The lowest BCUT2D eigenvalue weighted by atomic mass is 9.89. The van der Waals surface area contributed by atoms with Crippen molar-refractivity contribution >= 4 is 27.5 Å². The van der Waals surface area contributed by atoms with Crippen LogP contribution in [0.15, 0.2) is 9.59 Å². The number of nitrogens with zero attached hydrogens (tertiary/aromatic N) is 3. The van der Waals surface area contributed by atoms with Gasteiger partial charge in [-0.3, -0.25) is 14.2 Å². The highest BCUT2D eigenvalue weighted by molar-refractivity contribution is 7.18. The van der Waals surface area contributed by atoms with Crippen LogP contribution in [0.3, 0.4) is 0 Å². The molecule has 0 aromatic carbocycles. The van der Waals surface area contributed by atoms with Gasteiger partial charge in [-0.25, -0.2) is 9.36 Å². The number of hydrogen-bond donors (Lipinski definition) is 1. The van der Waals surface area contributed by atoms with Crippen LogP contribution in [0.5, 0.6) is 0 Å². The molecule has 0 amide bonds. The molecule has 8 heteroatoms. The van der Waals surface area contributed by atoms with Crippen LogP contribution in [0.2, 0.25) is 0 Å². The van der Waals surface area contributed by atoms with E-state index in [1.165, 1.54) is 11.3 Å². The maximum absolute atomic E-state index is 12.9. The van der Waals surface area contributed by atoms with Crippen molar-refractivity contribution in [3.63, 3.8) is 0 Å². The van der Waals surface area contributed by atoms with Crippen LogP contribution in [-0.4, -0.2) is 45.8 Å². The van der Waals surface area contributed by atoms with E-state index >= 15 is 0 Å². The minimum absolute atomic E-state index is 0.428. The van der Waals surface area contributed by atoms with E-state index in [4.69, 9.17) is 5.11 Å². The average molecular weight is 365 g/mol. The van der Waals surface area contributed by atoms with Crippen molar-refractivity contribution in [3.8, 4) is 0 Å². The molecule has 0 aliphatic heterocycles. The van der Waals surface area contributed by atoms with E-state index in [9.17, 15) is 14.4 Å². The highest BCUT2D eigenvalue weighted by Gasteiger charge is 2.26. The summed E-state index contributed by atoms with van der Waals surface area (Å²) in [5.74, 6) is -0.699. The van der Waals surface area contributed by atoms with Gasteiger partial charge in [0.1, 0.15) is 11.4 Å². The third-order valence-electron chi connectivity index (χ3n) is 4.72. The van der Waals surface area contributed by atoms with Gasteiger partial charge in [-0.15, -0.1) is 11.3 Å². The van der Waals surface area contributed by atoms with Crippen LogP contribution in [0.1, 0.15) is 23.8 Å². The lowest BCUT2D eigenvalue weighted by Crippen LogP contribution is -2.42. The molecule has 2 aromatic heterocycles. The van der Waals surface area contributed by atoms with E-state index in [-0.39, 0.29) is 0 Å². The number of aryl methyl sites for hydroxylation is 1. The Kier molecular flexibility index (Phi) is 4.83. The summed E-state index contributed by atoms with van der Waals surface area (Å²) in [5.41, 5.74) is 0.0185. The number of carbonyl (C=O) groups is 1. The normalized spacial score (nSPS) is 17.2. The fraction of sp³-hybridized carbons (Fsp3) is 0.588. The molecule has 0 radical (unpaired) electrons. The largest absolute Gasteiger partial charge is 0.480 e. The smallest absolute Gasteiger partial charge is 0.332 e. The topological polar surface area (TPSA) is 84.5 Å². The molecule has 1 aliphatic carbocycles. The number of aliphatic carboxylic acids is 1. The number of hydrogen-bond acceptors (Lipinski definition) is 5. The molecular weight excluding hydrogens is 342 g/mol. The fourth-order valence-electron chi connectivity index (χ4n) is 3.38. The zero-order valence-electron chi connectivity index (χ0n) is 14.7. The number of thiophene rings is 1. The number of likely N-dealkylation sites (N-methyl/N-ethyl adjacent to an activating group) is 1.